The molecule has 98 valence electrons. The van der Waals surface area contributed by atoms with E-state index >= 15 is 0 Å². The van der Waals surface area contributed by atoms with Crippen molar-refractivity contribution in [2.45, 2.75) is 38.1 Å². The first-order valence-electron chi connectivity index (χ1n) is 5.97. The highest BCUT2D eigenvalue weighted by Crippen LogP contribution is 2.32. The van der Waals surface area contributed by atoms with Gasteiger partial charge in [-0.25, -0.2) is 9.78 Å². The van der Waals surface area contributed by atoms with Crippen LogP contribution in [0.2, 0.25) is 0 Å². The summed E-state index contributed by atoms with van der Waals surface area (Å²) < 4.78 is 0. The van der Waals surface area contributed by atoms with Crippen molar-refractivity contribution in [1.29, 1.82) is 0 Å². The Hall–Kier alpha value is -1.43. The summed E-state index contributed by atoms with van der Waals surface area (Å²) in [5, 5.41) is 13.7. The summed E-state index contributed by atoms with van der Waals surface area (Å²) in [6.45, 7) is 2.02. The van der Waals surface area contributed by atoms with Gasteiger partial charge in [-0.2, -0.15) is 0 Å². The standard InChI is InChI=1S/C12H16N2O3S/c1-8-3-2-4-12(5-8,11(16)17)14-10(15)9-6-18-7-13-9/h6-8H,2-5H2,1H3,(H,14,15)(H,16,17). The zero-order valence-corrected chi connectivity index (χ0v) is 11.0. The van der Waals surface area contributed by atoms with Crippen LogP contribution in [0.5, 0.6) is 0 Å². The van der Waals surface area contributed by atoms with Crippen molar-refractivity contribution in [2.75, 3.05) is 0 Å². The highest BCUT2D eigenvalue weighted by molar-refractivity contribution is 7.07. The van der Waals surface area contributed by atoms with Crippen LogP contribution in [0.15, 0.2) is 10.9 Å². The first-order valence-corrected chi connectivity index (χ1v) is 6.92. The lowest BCUT2D eigenvalue weighted by atomic mass is 9.76. The molecule has 1 fully saturated rings. The number of carboxylic acids is 1. The molecule has 5 nitrogen and oxygen atoms in total. The van der Waals surface area contributed by atoms with E-state index in [1.165, 1.54) is 11.3 Å². The molecule has 0 bridgehead atoms. The van der Waals surface area contributed by atoms with E-state index in [2.05, 4.69) is 10.3 Å². The second-order valence-electron chi connectivity index (χ2n) is 4.92. The minimum Gasteiger partial charge on any atom is -0.480 e. The Kier molecular flexibility index (Phi) is 3.65. The Labute approximate surface area is 109 Å². The molecule has 6 heteroatoms. The van der Waals surface area contributed by atoms with E-state index in [4.69, 9.17) is 0 Å². The van der Waals surface area contributed by atoms with Crippen LogP contribution in [0, 0.1) is 5.92 Å². The van der Waals surface area contributed by atoms with E-state index in [0.29, 0.717) is 24.5 Å². The smallest absolute Gasteiger partial charge is 0.329 e. The third kappa shape index (κ3) is 2.53. The minimum atomic E-state index is -1.13. The molecule has 1 aliphatic carbocycles. The second-order valence-corrected chi connectivity index (χ2v) is 5.64. The summed E-state index contributed by atoms with van der Waals surface area (Å²) in [6, 6.07) is 0. The van der Waals surface area contributed by atoms with Crippen LogP contribution in [0.1, 0.15) is 43.1 Å². The molecule has 0 saturated heterocycles. The molecular formula is C12H16N2O3S. The molecule has 1 aromatic rings. The number of aromatic nitrogens is 1. The second kappa shape index (κ2) is 5.06. The van der Waals surface area contributed by atoms with Gasteiger partial charge >= 0.3 is 5.97 Å². The molecule has 1 saturated carbocycles. The van der Waals surface area contributed by atoms with Crippen molar-refractivity contribution in [3.8, 4) is 0 Å². The maximum absolute atomic E-state index is 12.0. The Morgan fingerprint density at radius 1 is 1.61 bits per heavy atom. The lowest BCUT2D eigenvalue weighted by Crippen LogP contribution is -2.56. The number of carbonyl (C=O) groups excluding carboxylic acids is 1. The van der Waals surface area contributed by atoms with Gasteiger partial charge in [0.15, 0.2) is 0 Å². The minimum absolute atomic E-state index is 0.291. The van der Waals surface area contributed by atoms with E-state index in [0.717, 1.165) is 12.8 Å². The lowest BCUT2D eigenvalue weighted by Gasteiger charge is -2.36. The van der Waals surface area contributed by atoms with Crippen LogP contribution in [0.4, 0.5) is 0 Å². The quantitative estimate of drug-likeness (QED) is 0.877. The van der Waals surface area contributed by atoms with Crippen molar-refractivity contribution in [1.82, 2.24) is 10.3 Å². The summed E-state index contributed by atoms with van der Waals surface area (Å²) in [5.41, 5.74) is 0.725. The number of thiazole rings is 1. The number of aliphatic carboxylic acids is 1. The molecule has 2 atom stereocenters. The molecule has 1 aliphatic rings. The van der Waals surface area contributed by atoms with Gasteiger partial charge in [-0.15, -0.1) is 11.3 Å². The molecule has 2 unspecified atom stereocenters. The highest BCUT2D eigenvalue weighted by atomic mass is 32.1. The molecule has 0 radical (unpaired) electrons. The van der Waals surface area contributed by atoms with E-state index in [1.807, 2.05) is 6.92 Å². The highest BCUT2D eigenvalue weighted by Gasteiger charge is 2.43. The zero-order chi connectivity index (χ0) is 13.2. The molecular weight excluding hydrogens is 252 g/mol. The van der Waals surface area contributed by atoms with Gasteiger partial charge in [0.2, 0.25) is 0 Å². The zero-order valence-electron chi connectivity index (χ0n) is 10.2. The summed E-state index contributed by atoms with van der Waals surface area (Å²) in [4.78, 5) is 27.4. The van der Waals surface area contributed by atoms with Crippen molar-refractivity contribution in [3.63, 3.8) is 0 Å². The number of nitrogens with one attached hydrogen (secondary N) is 1. The molecule has 2 rings (SSSR count). The SMILES string of the molecule is CC1CCCC(NC(=O)c2cscn2)(C(=O)O)C1. The maximum atomic E-state index is 12.0. The van der Waals surface area contributed by atoms with Crippen molar-refractivity contribution in [3.05, 3.63) is 16.6 Å². The van der Waals surface area contributed by atoms with Crippen LogP contribution < -0.4 is 5.32 Å². The van der Waals surface area contributed by atoms with Gasteiger partial charge in [-0.3, -0.25) is 4.79 Å². The van der Waals surface area contributed by atoms with Crippen molar-refractivity contribution < 1.29 is 14.7 Å². The number of nitrogens with zero attached hydrogens (tertiary/aromatic N) is 1. The van der Waals surface area contributed by atoms with Gasteiger partial charge in [0, 0.05) is 5.38 Å². The molecule has 0 aliphatic heterocycles. The molecule has 1 amide bonds. The maximum Gasteiger partial charge on any atom is 0.329 e. The van der Waals surface area contributed by atoms with Gasteiger partial charge in [0.05, 0.1) is 5.51 Å². The predicted octanol–water partition coefficient (Wildman–Crippen LogP) is 1.91. The third-order valence-electron chi connectivity index (χ3n) is 3.42. The fourth-order valence-electron chi connectivity index (χ4n) is 2.52. The summed E-state index contributed by atoms with van der Waals surface area (Å²) in [7, 11) is 0. The number of hydrogen-bond acceptors (Lipinski definition) is 4. The van der Waals surface area contributed by atoms with Gasteiger partial charge in [-0.1, -0.05) is 19.8 Å². The van der Waals surface area contributed by atoms with Gasteiger partial charge in [0.25, 0.3) is 5.91 Å². The van der Waals surface area contributed by atoms with Crippen molar-refractivity contribution >= 4 is 23.2 Å². The Bertz CT molecular complexity index is 446. The van der Waals surface area contributed by atoms with Crippen LogP contribution in [0.3, 0.4) is 0 Å². The number of carboxylic acid groups (broad SMARTS) is 1. The molecule has 0 spiro atoms. The fourth-order valence-corrected chi connectivity index (χ4v) is 3.05. The van der Waals surface area contributed by atoms with Gasteiger partial charge in [0.1, 0.15) is 11.2 Å². The molecule has 0 aromatic carbocycles. The summed E-state index contributed by atoms with van der Waals surface area (Å²) in [5.74, 6) is -1.03. The number of hydrogen-bond donors (Lipinski definition) is 2. The molecule has 18 heavy (non-hydrogen) atoms. The predicted molar refractivity (Wildman–Crippen MR) is 67.6 cm³/mol. The van der Waals surface area contributed by atoms with Crippen LogP contribution in [0.25, 0.3) is 0 Å². The monoisotopic (exact) mass is 268 g/mol. The van der Waals surface area contributed by atoms with Crippen molar-refractivity contribution in [2.24, 2.45) is 5.92 Å². The molecule has 1 heterocycles. The average molecular weight is 268 g/mol. The van der Waals surface area contributed by atoms with E-state index < -0.39 is 17.4 Å². The molecule has 2 N–H and O–H groups in total. The van der Waals surface area contributed by atoms with E-state index in [1.54, 1.807) is 10.9 Å². The van der Waals surface area contributed by atoms with Crippen LogP contribution >= 0.6 is 11.3 Å². The third-order valence-corrected chi connectivity index (χ3v) is 4.01. The number of rotatable bonds is 3. The van der Waals surface area contributed by atoms with Gasteiger partial charge in [-0.05, 0) is 18.8 Å². The Morgan fingerprint density at radius 3 is 2.94 bits per heavy atom. The Morgan fingerprint density at radius 2 is 2.39 bits per heavy atom. The largest absolute Gasteiger partial charge is 0.480 e. The van der Waals surface area contributed by atoms with Crippen LogP contribution in [-0.2, 0) is 4.79 Å². The first-order chi connectivity index (χ1) is 8.53. The first kappa shape index (κ1) is 13.0. The number of amides is 1. The van der Waals surface area contributed by atoms with E-state index in [-0.39, 0.29) is 0 Å². The average Bonchev–Trinajstić information content (AvgIpc) is 2.82. The Balaban J connectivity index is 2.16. The fraction of sp³-hybridized carbons (Fsp3) is 0.583. The summed E-state index contributed by atoms with van der Waals surface area (Å²) in [6.07, 6.45) is 2.81. The topological polar surface area (TPSA) is 79.3 Å². The van der Waals surface area contributed by atoms with Gasteiger partial charge < -0.3 is 10.4 Å². The lowest BCUT2D eigenvalue weighted by molar-refractivity contribution is -0.146. The summed E-state index contributed by atoms with van der Waals surface area (Å²) >= 11 is 1.32. The number of carbonyl (C=O) groups is 2. The molecule has 1 aromatic heterocycles. The normalized spacial score (nSPS) is 27.7. The van der Waals surface area contributed by atoms with Crippen LogP contribution in [-0.4, -0.2) is 27.5 Å². The van der Waals surface area contributed by atoms with E-state index in [9.17, 15) is 14.7 Å².